The molecule has 4 nitrogen and oxygen atoms in total. The fourth-order valence-corrected chi connectivity index (χ4v) is 1.81. The fourth-order valence-electron chi connectivity index (χ4n) is 1.81. The molecule has 0 aliphatic carbocycles. The molecule has 0 saturated carbocycles. The minimum Gasteiger partial charge on any atom is -0.469 e. The Morgan fingerprint density at radius 1 is 1.56 bits per heavy atom. The quantitative estimate of drug-likeness (QED) is 0.858. The molecule has 0 aliphatic heterocycles. The van der Waals surface area contributed by atoms with E-state index in [9.17, 15) is 5.11 Å². The summed E-state index contributed by atoms with van der Waals surface area (Å²) in [6, 6.07) is 5.60. The van der Waals surface area contributed by atoms with Crippen LogP contribution in [0.2, 0.25) is 0 Å². The maximum atomic E-state index is 10.1. The van der Waals surface area contributed by atoms with E-state index < -0.39 is 6.10 Å². The predicted molar refractivity (Wildman–Crippen MR) is 60.0 cm³/mol. The smallest absolute Gasteiger partial charge is 0.106 e. The Kier molecular flexibility index (Phi) is 3.10. The van der Waals surface area contributed by atoms with Gasteiger partial charge in [-0.15, -0.1) is 0 Å². The van der Waals surface area contributed by atoms with E-state index >= 15 is 0 Å². The highest BCUT2D eigenvalue weighted by Crippen LogP contribution is 2.19. The SMILES string of the molecule is CCn1nc(C)cc1C(O)Cc1ccco1. The van der Waals surface area contributed by atoms with Gasteiger partial charge in [0.25, 0.3) is 0 Å². The number of aromatic nitrogens is 2. The zero-order valence-corrected chi connectivity index (χ0v) is 9.55. The first-order valence-electron chi connectivity index (χ1n) is 5.45. The van der Waals surface area contributed by atoms with Crippen molar-refractivity contribution in [2.24, 2.45) is 0 Å². The van der Waals surface area contributed by atoms with Crippen LogP contribution in [0.1, 0.15) is 30.2 Å². The monoisotopic (exact) mass is 220 g/mol. The molecule has 0 aromatic carbocycles. The summed E-state index contributed by atoms with van der Waals surface area (Å²) in [6.45, 7) is 4.70. The highest BCUT2D eigenvalue weighted by molar-refractivity contribution is 5.14. The van der Waals surface area contributed by atoms with Gasteiger partial charge < -0.3 is 9.52 Å². The van der Waals surface area contributed by atoms with E-state index in [0.29, 0.717) is 6.42 Å². The molecule has 2 aromatic rings. The number of furan rings is 1. The summed E-state index contributed by atoms with van der Waals surface area (Å²) in [5.41, 5.74) is 1.77. The minimum absolute atomic E-state index is 0.484. The van der Waals surface area contributed by atoms with Gasteiger partial charge in [0.15, 0.2) is 0 Å². The van der Waals surface area contributed by atoms with E-state index in [1.807, 2.05) is 36.7 Å². The summed E-state index contributed by atoms with van der Waals surface area (Å²) in [7, 11) is 0. The van der Waals surface area contributed by atoms with Crippen LogP contribution in [0.4, 0.5) is 0 Å². The van der Waals surface area contributed by atoms with Crippen molar-refractivity contribution in [1.82, 2.24) is 9.78 Å². The van der Waals surface area contributed by atoms with Gasteiger partial charge in [0.2, 0.25) is 0 Å². The van der Waals surface area contributed by atoms with Gasteiger partial charge in [-0.1, -0.05) is 0 Å². The van der Waals surface area contributed by atoms with Crippen LogP contribution in [0.5, 0.6) is 0 Å². The maximum Gasteiger partial charge on any atom is 0.106 e. The Balaban J connectivity index is 2.16. The first-order chi connectivity index (χ1) is 7.70. The van der Waals surface area contributed by atoms with Crippen LogP contribution >= 0.6 is 0 Å². The molecule has 2 heterocycles. The van der Waals surface area contributed by atoms with Crippen molar-refractivity contribution in [1.29, 1.82) is 0 Å². The van der Waals surface area contributed by atoms with Crippen LogP contribution < -0.4 is 0 Å². The van der Waals surface area contributed by atoms with Gasteiger partial charge in [0.05, 0.1) is 17.7 Å². The van der Waals surface area contributed by atoms with E-state index in [4.69, 9.17) is 4.42 Å². The van der Waals surface area contributed by atoms with E-state index in [0.717, 1.165) is 23.7 Å². The summed E-state index contributed by atoms with van der Waals surface area (Å²) in [5, 5.41) is 14.4. The number of aliphatic hydroxyl groups excluding tert-OH is 1. The third kappa shape index (κ3) is 2.17. The highest BCUT2D eigenvalue weighted by Gasteiger charge is 2.15. The summed E-state index contributed by atoms with van der Waals surface area (Å²) in [4.78, 5) is 0. The summed E-state index contributed by atoms with van der Waals surface area (Å²) < 4.78 is 7.04. The normalized spacial score (nSPS) is 12.9. The third-order valence-electron chi connectivity index (χ3n) is 2.55. The van der Waals surface area contributed by atoms with Gasteiger partial charge in [-0.25, -0.2) is 0 Å². The van der Waals surface area contributed by atoms with Crippen molar-refractivity contribution in [2.45, 2.75) is 32.9 Å². The lowest BCUT2D eigenvalue weighted by Crippen LogP contribution is -2.09. The standard InChI is InChI=1S/C12H16N2O2/c1-3-14-11(7-9(2)13-14)12(15)8-10-5-4-6-16-10/h4-7,12,15H,3,8H2,1-2H3. The zero-order valence-electron chi connectivity index (χ0n) is 9.55. The van der Waals surface area contributed by atoms with Crippen LogP contribution in [0, 0.1) is 6.92 Å². The molecule has 0 saturated heterocycles. The van der Waals surface area contributed by atoms with Crippen molar-refractivity contribution in [3.05, 3.63) is 41.6 Å². The molecule has 0 bridgehead atoms. The average molecular weight is 220 g/mol. The molecule has 1 unspecified atom stereocenters. The van der Waals surface area contributed by atoms with Gasteiger partial charge in [0, 0.05) is 13.0 Å². The highest BCUT2D eigenvalue weighted by atomic mass is 16.3. The molecule has 0 radical (unpaired) electrons. The number of hydrogen-bond acceptors (Lipinski definition) is 3. The number of aliphatic hydroxyl groups is 1. The minimum atomic E-state index is -0.563. The summed E-state index contributed by atoms with van der Waals surface area (Å²) in [5.74, 6) is 0.786. The maximum absolute atomic E-state index is 10.1. The van der Waals surface area contributed by atoms with Crippen molar-refractivity contribution >= 4 is 0 Å². The average Bonchev–Trinajstić information content (AvgIpc) is 2.86. The van der Waals surface area contributed by atoms with Gasteiger partial charge in [-0.2, -0.15) is 5.10 Å². The molecule has 0 aliphatic rings. The molecule has 16 heavy (non-hydrogen) atoms. The number of rotatable bonds is 4. The molecule has 86 valence electrons. The Hall–Kier alpha value is -1.55. The van der Waals surface area contributed by atoms with E-state index in [1.54, 1.807) is 6.26 Å². The zero-order chi connectivity index (χ0) is 11.5. The van der Waals surface area contributed by atoms with Gasteiger partial charge in [-0.05, 0) is 32.0 Å². The van der Waals surface area contributed by atoms with Crippen molar-refractivity contribution in [2.75, 3.05) is 0 Å². The molecule has 0 fully saturated rings. The van der Waals surface area contributed by atoms with Gasteiger partial charge >= 0.3 is 0 Å². The van der Waals surface area contributed by atoms with Crippen LogP contribution in [0.3, 0.4) is 0 Å². The molecular formula is C12H16N2O2. The van der Waals surface area contributed by atoms with E-state index in [2.05, 4.69) is 5.10 Å². The number of aryl methyl sites for hydroxylation is 2. The number of nitrogens with zero attached hydrogens (tertiary/aromatic N) is 2. The second kappa shape index (κ2) is 4.53. The van der Waals surface area contributed by atoms with Crippen molar-refractivity contribution in [3.63, 3.8) is 0 Å². The summed E-state index contributed by atoms with van der Waals surface area (Å²) in [6.07, 6.45) is 1.54. The van der Waals surface area contributed by atoms with Crippen LogP contribution in [-0.2, 0) is 13.0 Å². The van der Waals surface area contributed by atoms with Crippen LogP contribution in [-0.4, -0.2) is 14.9 Å². The Morgan fingerprint density at radius 3 is 3.00 bits per heavy atom. The lowest BCUT2D eigenvalue weighted by Gasteiger charge is -2.10. The molecule has 4 heteroatoms. The summed E-state index contributed by atoms with van der Waals surface area (Å²) >= 11 is 0. The first-order valence-corrected chi connectivity index (χ1v) is 5.45. The Bertz CT molecular complexity index is 446. The predicted octanol–water partition coefficient (Wildman–Crippen LogP) is 2.08. The molecule has 2 aromatic heterocycles. The fraction of sp³-hybridized carbons (Fsp3) is 0.417. The first kappa shape index (κ1) is 11.0. The van der Waals surface area contributed by atoms with Crippen LogP contribution in [0.15, 0.2) is 28.9 Å². The molecule has 1 N–H and O–H groups in total. The molecular weight excluding hydrogens is 204 g/mol. The lowest BCUT2D eigenvalue weighted by atomic mass is 10.1. The molecule has 0 amide bonds. The van der Waals surface area contributed by atoms with Crippen molar-refractivity contribution in [3.8, 4) is 0 Å². The van der Waals surface area contributed by atoms with Gasteiger partial charge in [-0.3, -0.25) is 4.68 Å². The topological polar surface area (TPSA) is 51.2 Å². The van der Waals surface area contributed by atoms with Crippen LogP contribution in [0.25, 0.3) is 0 Å². The van der Waals surface area contributed by atoms with Gasteiger partial charge in [0.1, 0.15) is 11.9 Å². The molecule has 2 rings (SSSR count). The van der Waals surface area contributed by atoms with Crippen molar-refractivity contribution < 1.29 is 9.52 Å². The largest absolute Gasteiger partial charge is 0.469 e. The van der Waals surface area contributed by atoms with E-state index in [-0.39, 0.29) is 0 Å². The van der Waals surface area contributed by atoms with E-state index in [1.165, 1.54) is 0 Å². The third-order valence-corrected chi connectivity index (χ3v) is 2.55. The molecule has 1 atom stereocenters. The molecule has 0 spiro atoms. The lowest BCUT2D eigenvalue weighted by molar-refractivity contribution is 0.159. The number of hydrogen-bond donors (Lipinski definition) is 1. The second-order valence-corrected chi connectivity index (χ2v) is 3.83. The second-order valence-electron chi connectivity index (χ2n) is 3.83. The Labute approximate surface area is 94.5 Å². The Morgan fingerprint density at radius 2 is 2.38 bits per heavy atom.